The molecule has 3 nitrogen and oxygen atoms in total. The van der Waals surface area contributed by atoms with Crippen molar-refractivity contribution in [2.24, 2.45) is 11.8 Å². The zero-order valence-electron chi connectivity index (χ0n) is 14.8. The standard InChI is InChI=1S/C21H28O3/c1-3-12-21(13-4-2)14-17(22)19(20(23)24-21)18(16-10-11-16)15-8-6-5-7-9-15/h5-9,16,18-19H,3-4,10-14H2,1-2H3. The van der Waals surface area contributed by atoms with E-state index < -0.39 is 11.5 Å². The number of benzene rings is 1. The summed E-state index contributed by atoms with van der Waals surface area (Å²) in [6.45, 7) is 4.16. The van der Waals surface area contributed by atoms with Crippen molar-refractivity contribution in [3.63, 3.8) is 0 Å². The number of ether oxygens (including phenoxy) is 1. The third-order valence-corrected chi connectivity index (χ3v) is 5.50. The van der Waals surface area contributed by atoms with Crippen LogP contribution >= 0.6 is 0 Å². The number of rotatable bonds is 7. The van der Waals surface area contributed by atoms with E-state index in [0.717, 1.165) is 44.1 Å². The fourth-order valence-corrected chi connectivity index (χ4v) is 4.40. The van der Waals surface area contributed by atoms with Gasteiger partial charge in [-0.25, -0.2) is 0 Å². The smallest absolute Gasteiger partial charge is 0.317 e. The molecule has 24 heavy (non-hydrogen) atoms. The quantitative estimate of drug-likeness (QED) is 0.540. The summed E-state index contributed by atoms with van der Waals surface area (Å²) in [4.78, 5) is 25.9. The third-order valence-electron chi connectivity index (χ3n) is 5.50. The number of esters is 1. The maximum Gasteiger partial charge on any atom is 0.317 e. The van der Waals surface area contributed by atoms with Crippen LogP contribution in [0, 0.1) is 11.8 Å². The maximum atomic E-state index is 13.0. The molecule has 2 aliphatic rings. The number of Topliss-reactive ketones (excluding diaryl/α,β-unsaturated/α-hetero) is 1. The van der Waals surface area contributed by atoms with Crippen molar-refractivity contribution in [2.75, 3.05) is 0 Å². The van der Waals surface area contributed by atoms with Crippen LogP contribution in [0.15, 0.2) is 30.3 Å². The van der Waals surface area contributed by atoms with Crippen molar-refractivity contribution in [2.45, 2.75) is 70.3 Å². The second kappa shape index (κ2) is 7.08. The van der Waals surface area contributed by atoms with Gasteiger partial charge in [0.2, 0.25) is 0 Å². The Morgan fingerprint density at radius 1 is 1.08 bits per heavy atom. The number of hydrogen-bond acceptors (Lipinski definition) is 3. The third kappa shape index (κ3) is 3.40. The first-order chi connectivity index (χ1) is 11.6. The molecule has 2 unspecified atom stereocenters. The van der Waals surface area contributed by atoms with Gasteiger partial charge < -0.3 is 4.74 Å². The van der Waals surface area contributed by atoms with Crippen LogP contribution in [0.1, 0.15) is 70.3 Å². The lowest BCUT2D eigenvalue weighted by Crippen LogP contribution is -2.49. The Morgan fingerprint density at radius 2 is 1.71 bits per heavy atom. The molecule has 0 radical (unpaired) electrons. The minimum atomic E-state index is -0.610. The number of carbonyl (C=O) groups is 2. The Balaban J connectivity index is 1.86. The van der Waals surface area contributed by atoms with E-state index in [0.29, 0.717) is 12.3 Å². The molecule has 1 saturated heterocycles. The minimum Gasteiger partial charge on any atom is -0.458 e. The predicted molar refractivity (Wildman–Crippen MR) is 93.7 cm³/mol. The van der Waals surface area contributed by atoms with Crippen molar-refractivity contribution >= 4 is 11.8 Å². The van der Waals surface area contributed by atoms with E-state index in [1.165, 1.54) is 0 Å². The van der Waals surface area contributed by atoms with Crippen LogP contribution in [0.5, 0.6) is 0 Å². The molecule has 0 N–H and O–H groups in total. The average molecular weight is 328 g/mol. The van der Waals surface area contributed by atoms with E-state index in [1.807, 2.05) is 30.3 Å². The van der Waals surface area contributed by atoms with E-state index in [1.54, 1.807) is 0 Å². The van der Waals surface area contributed by atoms with Gasteiger partial charge in [-0.3, -0.25) is 9.59 Å². The van der Waals surface area contributed by atoms with Gasteiger partial charge in [-0.2, -0.15) is 0 Å². The molecule has 2 fully saturated rings. The molecule has 0 aromatic heterocycles. The summed E-state index contributed by atoms with van der Waals surface area (Å²) in [6, 6.07) is 10.0. The molecule has 1 aromatic carbocycles. The van der Waals surface area contributed by atoms with Crippen LogP contribution < -0.4 is 0 Å². The van der Waals surface area contributed by atoms with E-state index in [-0.39, 0.29) is 17.7 Å². The molecule has 0 amide bonds. The molecular weight excluding hydrogens is 300 g/mol. The zero-order chi connectivity index (χ0) is 17.2. The molecular formula is C21H28O3. The number of ketones is 1. The first kappa shape index (κ1) is 17.2. The van der Waals surface area contributed by atoms with Crippen LogP contribution in [-0.2, 0) is 14.3 Å². The van der Waals surface area contributed by atoms with Gasteiger partial charge in [0.25, 0.3) is 0 Å². The van der Waals surface area contributed by atoms with Crippen LogP contribution in [0.2, 0.25) is 0 Å². The molecule has 1 heterocycles. The Kier molecular flexibility index (Phi) is 5.07. The molecule has 1 aliphatic heterocycles. The molecule has 0 spiro atoms. The van der Waals surface area contributed by atoms with Gasteiger partial charge in [0.1, 0.15) is 11.5 Å². The van der Waals surface area contributed by atoms with Gasteiger partial charge in [0.05, 0.1) is 0 Å². The van der Waals surface area contributed by atoms with Crippen molar-refractivity contribution < 1.29 is 14.3 Å². The lowest BCUT2D eigenvalue weighted by atomic mass is 9.73. The first-order valence-corrected chi connectivity index (χ1v) is 9.40. The van der Waals surface area contributed by atoms with Crippen molar-refractivity contribution in [1.82, 2.24) is 0 Å². The predicted octanol–water partition coefficient (Wildman–Crippen LogP) is 4.65. The second-order valence-electron chi connectivity index (χ2n) is 7.50. The van der Waals surface area contributed by atoms with Crippen LogP contribution in [0.3, 0.4) is 0 Å². The molecule has 3 heteroatoms. The number of carbonyl (C=O) groups excluding carboxylic acids is 2. The first-order valence-electron chi connectivity index (χ1n) is 9.40. The van der Waals surface area contributed by atoms with Crippen LogP contribution in [0.4, 0.5) is 0 Å². The van der Waals surface area contributed by atoms with E-state index >= 15 is 0 Å². The fraction of sp³-hybridized carbons (Fsp3) is 0.619. The normalized spacial score (nSPS) is 24.5. The van der Waals surface area contributed by atoms with Gasteiger partial charge in [0, 0.05) is 12.3 Å². The lowest BCUT2D eigenvalue weighted by molar-refractivity contribution is -0.180. The lowest BCUT2D eigenvalue weighted by Gasteiger charge is -2.40. The summed E-state index contributed by atoms with van der Waals surface area (Å²) >= 11 is 0. The summed E-state index contributed by atoms with van der Waals surface area (Å²) in [5.74, 6) is -0.365. The SMILES string of the molecule is CCCC1(CCC)CC(=O)C(C(c2ccccc2)C2CC2)C(=O)O1. The van der Waals surface area contributed by atoms with Crippen LogP contribution in [0.25, 0.3) is 0 Å². The van der Waals surface area contributed by atoms with Gasteiger partial charge in [-0.15, -0.1) is 0 Å². The minimum absolute atomic E-state index is 0.00699. The maximum absolute atomic E-state index is 13.0. The number of cyclic esters (lactones) is 1. The Labute approximate surface area is 144 Å². The molecule has 1 aliphatic carbocycles. The highest BCUT2D eigenvalue weighted by atomic mass is 16.6. The van der Waals surface area contributed by atoms with E-state index in [4.69, 9.17) is 4.74 Å². The van der Waals surface area contributed by atoms with E-state index in [2.05, 4.69) is 13.8 Å². The Bertz CT molecular complexity index is 562. The molecule has 3 rings (SSSR count). The average Bonchev–Trinajstić information content (AvgIpc) is 3.37. The molecule has 0 bridgehead atoms. The van der Waals surface area contributed by atoms with Gasteiger partial charge in [0.15, 0.2) is 5.78 Å². The largest absolute Gasteiger partial charge is 0.458 e. The van der Waals surface area contributed by atoms with E-state index in [9.17, 15) is 9.59 Å². The molecule has 130 valence electrons. The van der Waals surface area contributed by atoms with Crippen LogP contribution in [-0.4, -0.2) is 17.4 Å². The van der Waals surface area contributed by atoms with Gasteiger partial charge in [-0.05, 0) is 37.2 Å². The summed E-state index contributed by atoms with van der Waals surface area (Å²) < 4.78 is 5.96. The summed E-state index contributed by atoms with van der Waals surface area (Å²) in [7, 11) is 0. The Hall–Kier alpha value is -1.64. The fourth-order valence-electron chi connectivity index (χ4n) is 4.40. The highest BCUT2D eigenvalue weighted by Gasteiger charge is 2.52. The summed E-state index contributed by atoms with van der Waals surface area (Å²) in [5, 5.41) is 0. The van der Waals surface area contributed by atoms with Crippen molar-refractivity contribution in [1.29, 1.82) is 0 Å². The zero-order valence-corrected chi connectivity index (χ0v) is 14.8. The van der Waals surface area contributed by atoms with Crippen molar-refractivity contribution in [3.8, 4) is 0 Å². The molecule has 2 atom stereocenters. The van der Waals surface area contributed by atoms with Gasteiger partial charge >= 0.3 is 5.97 Å². The summed E-state index contributed by atoms with van der Waals surface area (Å²) in [5.41, 5.74) is 0.549. The molecule has 1 aromatic rings. The molecule has 1 saturated carbocycles. The highest BCUT2D eigenvalue weighted by molar-refractivity contribution is 6.02. The summed E-state index contributed by atoms with van der Waals surface area (Å²) in [6.07, 6.45) is 6.01. The highest BCUT2D eigenvalue weighted by Crippen LogP contribution is 2.50. The topological polar surface area (TPSA) is 43.4 Å². The second-order valence-corrected chi connectivity index (χ2v) is 7.50. The number of hydrogen-bond donors (Lipinski definition) is 0. The van der Waals surface area contributed by atoms with Gasteiger partial charge in [-0.1, -0.05) is 57.0 Å². The Morgan fingerprint density at radius 3 is 2.21 bits per heavy atom. The van der Waals surface area contributed by atoms with Crippen molar-refractivity contribution in [3.05, 3.63) is 35.9 Å². The monoisotopic (exact) mass is 328 g/mol.